The Hall–Kier alpha value is -2.08. The standard InChI is InChI=1S/C17H22N2O/c1-12(2)19(13(3)4)14(5)16(11-18)17(20)15-9-7-6-8-10-15/h6-10,12-13H,1-5H3. The highest BCUT2D eigenvalue weighted by molar-refractivity contribution is 6.11. The molecule has 0 amide bonds. The molecule has 0 spiro atoms. The topological polar surface area (TPSA) is 44.1 Å². The van der Waals surface area contributed by atoms with Gasteiger partial charge in [-0.05, 0) is 34.6 Å². The molecule has 0 radical (unpaired) electrons. The molecular weight excluding hydrogens is 248 g/mol. The van der Waals surface area contributed by atoms with Gasteiger partial charge in [0, 0.05) is 23.3 Å². The second-order valence-corrected chi connectivity index (χ2v) is 5.36. The maximum absolute atomic E-state index is 12.5. The summed E-state index contributed by atoms with van der Waals surface area (Å²) in [5.74, 6) is -0.211. The molecule has 0 fully saturated rings. The number of hydrogen-bond acceptors (Lipinski definition) is 3. The second-order valence-electron chi connectivity index (χ2n) is 5.36. The Bertz CT molecular complexity index is 528. The average molecular weight is 270 g/mol. The van der Waals surface area contributed by atoms with Gasteiger partial charge in [-0.15, -0.1) is 0 Å². The van der Waals surface area contributed by atoms with E-state index in [-0.39, 0.29) is 23.4 Å². The lowest BCUT2D eigenvalue weighted by molar-refractivity contribution is 0.103. The summed E-state index contributed by atoms with van der Waals surface area (Å²) in [5, 5.41) is 9.39. The first-order chi connectivity index (χ1) is 9.40. The van der Waals surface area contributed by atoms with E-state index in [4.69, 9.17) is 0 Å². The zero-order chi connectivity index (χ0) is 15.3. The van der Waals surface area contributed by atoms with Crippen LogP contribution in [-0.2, 0) is 0 Å². The van der Waals surface area contributed by atoms with Crippen LogP contribution in [0.3, 0.4) is 0 Å². The minimum absolute atomic E-state index is 0.211. The highest BCUT2D eigenvalue weighted by atomic mass is 16.1. The predicted octanol–water partition coefficient (Wildman–Crippen LogP) is 3.79. The smallest absolute Gasteiger partial charge is 0.205 e. The van der Waals surface area contributed by atoms with Crippen LogP contribution in [0, 0.1) is 11.3 Å². The van der Waals surface area contributed by atoms with E-state index in [2.05, 4.69) is 38.7 Å². The molecule has 20 heavy (non-hydrogen) atoms. The monoisotopic (exact) mass is 270 g/mol. The van der Waals surface area contributed by atoms with Crippen molar-refractivity contribution in [3.63, 3.8) is 0 Å². The molecule has 1 aromatic rings. The number of hydrogen-bond donors (Lipinski definition) is 0. The van der Waals surface area contributed by atoms with E-state index in [1.54, 1.807) is 24.3 Å². The number of carbonyl (C=O) groups excluding carboxylic acids is 1. The molecule has 0 atom stereocenters. The fraction of sp³-hybridized carbons (Fsp3) is 0.412. The van der Waals surface area contributed by atoms with Gasteiger partial charge >= 0.3 is 0 Å². The van der Waals surface area contributed by atoms with Gasteiger partial charge in [-0.1, -0.05) is 30.3 Å². The molecule has 0 N–H and O–H groups in total. The highest BCUT2D eigenvalue weighted by Gasteiger charge is 2.21. The third kappa shape index (κ3) is 3.48. The number of Topliss-reactive ketones (excluding diaryl/α,β-unsaturated/α-hetero) is 1. The fourth-order valence-electron chi connectivity index (χ4n) is 2.53. The predicted molar refractivity (Wildman–Crippen MR) is 81.2 cm³/mol. The van der Waals surface area contributed by atoms with Gasteiger partial charge in [0.05, 0.1) is 0 Å². The van der Waals surface area contributed by atoms with Crippen LogP contribution >= 0.6 is 0 Å². The van der Waals surface area contributed by atoms with Crippen molar-refractivity contribution in [1.82, 2.24) is 4.90 Å². The van der Waals surface area contributed by atoms with Crippen LogP contribution in [0.4, 0.5) is 0 Å². The van der Waals surface area contributed by atoms with Crippen LogP contribution in [0.25, 0.3) is 0 Å². The van der Waals surface area contributed by atoms with E-state index in [1.807, 2.05) is 13.0 Å². The summed E-state index contributed by atoms with van der Waals surface area (Å²) in [7, 11) is 0. The number of nitrogens with zero attached hydrogens (tertiary/aromatic N) is 2. The lowest BCUT2D eigenvalue weighted by Gasteiger charge is -2.34. The van der Waals surface area contributed by atoms with Crippen molar-refractivity contribution in [3.8, 4) is 6.07 Å². The molecule has 0 saturated carbocycles. The van der Waals surface area contributed by atoms with Crippen LogP contribution in [0.5, 0.6) is 0 Å². The summed E-state index contributed by atoms with van der Waals surface area (Å²) >= 11 is 0. The van der Waals surface area contributed by atoms with Gasteiger partial charge in [0.1, 0.15) is 11.6 Å². The van der Waals surface area contributed by atoms with Crippen molar-refractivity contribution in [1.29, 1.82) is 5.26 Å². The Morgan fingerprint density at radius 3 is 2.00 bits per heavy atom. The van der Waals surface area contributed by atoms with Crippen LogP contribution in [-0.4, -0.2) is 22.8 Å². The third-order valence-corrected chi connectivity index (χ3v) is 3.24. The lowest BCUT2D eigenvalue weighted by atomic mass is 10.0. The molecular formula is C17H22N2O. The first-order valence-electron chi connectivity index (χ1n) is 6.89. The SMILES string of the molecule is CC(=C(C#N)C(=O)c1ccccc1)N(C(C)C)C(C)C. The number of nitriles is 1. The summed E-state index contributed by atoms with van der Waals surface area (Å²) in [5.41, 5.74) is 1.51. The Morgan fingerprint density at radius 1 is 1.10 bits per heavy atom. The minimum Gasteiger partial charge on any atom is -0.369 e. The lowest BCUT2D eigenvalue weighted by Crippen LogP contribution is -2.36. The highest BCUT2D eigenvalue weighted by Crippen LogP contribution is 2.20. The quantitative estimate of drug-likeness (QED) is 0.464. The molecule has 3 heteroatoms. The normalized spacial score (nSPS) is 12.1. The van der Waals surface area contributed by atoms with E-state index in [9.17, 15) is 10.1 Å². The molecule has 0 aliphatic rings. The summed E-state index contributed by atoms with van der Waals surface area (Å²) in [6, 6.07) is 11.5. The van der Waals surface area contributed by atoms with Gasteiger partial charge in [-0.2, -0.15) is 5.26 Å². The van der Waals surface area contributed by atoms with Gasteiger partial charge in [0.25, 0.3) is 0 Å². The Balaban J connectivity index is 3.26. The molecule has 3 nitrogen and oxygen atoms in total. The molecule has 106 valence electrons. The van der Waals surface area contributed by atoms with Crippen molar-refractivity contribution in [2.45, 2.75) is 46.7 Å². The number of allylic oxidation sites excluding steroid dienone is 2. The van der Waals surface area contributed by atoms with Gasteiger partial charge < -0.3 is 4.90 Å². The minimum atomic E-state index is -0.211. The molecule has 1 aromatic carbocycles. The molecule has 1 rings (SSSR count). The molecule has 0 heterocycles. The van der Waals surface area contributed by atoms with Gasteiger partial charge in [-0.3, -0.25) is 4.79 Å². The zero-order valence-electron chi connectivity index (χ0n) is 12.8. The van der Waals surface area contributed by atoms with E-state index < -0.39 is 0 Å². The Kier molecular flexibility index (Phi) is 5.52. The number of benzene rings is 1. The summed E-state index contributed by atoms with van der Waals surface area (Å²) in [6.07, 6.45) is 0. The summed E-state index contributed by atoms with van der Waals surface area (Å²) < 4.78 is 0. The summed E-state index contributed by atoms with van der Waals surface area (Å²) in [4.78, 5) is 14.6. The average Bonchev–Trinajstić information content (AvgIpc) is 2.39. The van der Waals surface area contributed by atoms with Gasteiger partial charge in [-0.25, -0.2) is 0 Å². The first kappa shape index (κ1) is 16.0. The van der Waals surface area contributed by atoms with Crippen LogP contribution in [0.2, 0.25) is 0 Å². The van der Waals surface area contributed by atoms with Crippen molar-refractivity contribution in [2.24, 2.45) is 0 Å². The maximum Gasteiger partial charge on any atom is 0.205 e. The largest absolute Gasteiger partial charge is 0.369 e. The molecule has 0 aromatic heterocycles. The molecule has 0 aliphatic heterocycles. The second kappa shape index (κ2) is 6.91. The van der Waals surface area contributed by atoms with Crippen LogP contribution in [0.1, 0.15) is 45.0 Å². The van der Waals surface area contributed by atoms with E-state index in [0.717, 1.165) is 5.70 Å². The van der Waals surface area contributed by atoms with Gasteiger partial charge in [0.15, 0.2) is 0 Å². The Morgan fingerprint density at radius 2 is 1.60 bits per heavy atom. The molecule has 0 bridgehead atoms. The van der Waals surface area contributed by atoms with Crippen molar-refractivity contribution in [2.75, 3.05) is 0 Å². The van der Waals surface area contributed by atoms with E-state index in [0.29, 0.717) is 5.56 Å². The van der Waals surface area contributed by atoms with Crippen molar-refractivity contribution < 1.29 is 4.79 Å². The Labute approximate surface area is 121 Å². The van der Waals surface area contributed by atoms with Crippen LogP contribution < -0.4 is 0 Å². The zero-order valence-corrected chi connectivity index (χ0v) is 12.8. The van der Waals surface area contributed by atoms with Gasteiger partial charge in [0.2, 0.25) is 5.78 Å². The number of rotatable bonds is 5. The molecule has 0 saturated heterocycles. The van der Waals surface area contributed by atoms with E-state index in [1.165, 1.54) is 0 Å². The van der Waals surface area contributed by atoms with Crippen molar-refractivity contribution >= 4 is 5.78 Å². The van der Waals surface area contributed by atoms with Crippen molar-refractivity contribution in [3.05, 3.63) is 47.2 Å². The fourth-order valence-corrected chi connectivity index (χ4v) is 2.53. The van der Waals surface area contributed by atoms with E-state index >= 15 is 0 Å². The third-order valence-electron chi connectivity index (χ3n) is 3.24. The van der Waals surface area contributed by atoms with Crippen LogP contribution in [0.15, 0.2) is 41.6 Å². The molecule has 0 unspecified atom stereocenters. The number of ketones is 1. The number of carbonyl (C=O) groups is 1. The summed E-state index contributed by atoms with van der Waals surface area (Å²) in [6.45, 7) is 10.1. The maximum atomic E-state index is 12.5. The molecule has 0 aliphatic carbocycles. The first-order valence-corrected chi connectivity index (χ1v) is 6.89.